The summed E-state index contributed by atoms with van der Waals surface area (Å²) in [7, 11) is 3.20. The molecule has 2 aromatic carbocycles. The molecule has 328 valence electrons. The molecule has 3 fully saturated rings. The van der Waals surface area contributed by atoms with Gasteiger partial charge in [-0.25, -0.2) is 9.59 Å². The van der Waals surface area contributed by atoms with Crippen molar-refractivity contribution in [2.24, 2.45) is 11.8 Å². The normalized spacial score (nSPS) is 19.2. The number of piperidine rings is 3. The van der Waals surface area contributed by atoms with Gasteiger partial charge in [-0.1, -0.05) is 29.8 Å². The molecular weight excluding hydrogens is 807 g/mol. The standard InChI is InChI=1S/C42H55ClF3N7O7/c1-49(2)36(54)26-59-37(55)14-17-50-15-7-28(8-16-50)29-9-18-51(19-10-29)39(56)35(25-27-23-32(42(44,45)46)38(47)33(43)24-27)60-41(58)52-20-12-31(13-21-52)53-22-11-30-5-3-4-6-34(30)48-40(53)57/h3-6,23-24,28-29,31,35H,7-22,25-26,47H2,1-2H3,(H,48,57)/t35-/m1/s1. The van der Waals surface area contributed by atoms with Crippen LogP contribution in [0.25, 0.3) is 0 Å². The highest BCUT2D eigenvalue weighted by molar-refractivity contribution is 6.33. The van der Waals surface area contributed by atoms with E-state index in [0.29, 0.717) is 57.3 Å². The Morgan fingerprint density at radius 3 is 2.20 bits per heavy atom. The number of hydrogen-bond acceptors (Lipinski definition) is 9. The SMILES string of the molecule is CN(C)C(=O)COC(=O)CCN1CCC(C2CCN(C(=O)[C@@H](Cc3cc(Cl)c(N)c(C(F)(F)F)c3)OC(=O)N3CCC(N4CCc5ccccc5NC4=O)CC3)CC2)CC1. The molecule has 0 saturated carbocycles. The molecule has 4 aliphatic heterocycles. The first kappa shape index (κ1) is 44.8. The molecule has 60 heavy (non-hydrogen) atoms. The highest BCUT2D eigenvalue weighted by Crippen LogP contribution is 2.39. The number of fused-ring (bicyclic) bond motifs is 1. The van der Waals surface area contributed by atoms with Gasteiger partial charge in [-0.3, -0.25) is 14.4 Å². The Kier molecular flexibility index (Phi) is 14.7. The summed E-state index contributed by atoms with van der Waals surface area (Å²) in [6, 6.07) is 9.44. The second-order valence-corrected chi connectivity index (χ2v) is 16.8. The fourth-order valence-corrected chi connectivity index (χ4v) is 8.99. The van der Waals surface area contributed by atoms with E-state index in [-0.39, 0.29) is 61.1 Å². The molecule has 0 unspecified atom stereocenters. The number of urea groups is 1. The monoisotopic (exact) mass is 861 g/mol. The minimum absolute atomic E-state index is 0.0523. The lowest BCUT2D eigenvalue weighted by Crippen LogP contribution is -2.52. The number of nitrogen functional groups attached to an aromatic ring is 1. The Morgan fingerprint density at radius 1 is 0.917 bits per heavy atom. The largest absolute Gasteiger partial charge is 0.456 e. The highest BCUT2D eigenvalue weighted by Gasteiger charge is 2.39. The zero-order valence-electron chi connectivity index (χ0n) is 34.2. The second-order valence-electron chi connectivity index (χ2n) is 16.4. The van der Waals surface area contributed by atoms with Crippen LogP contribution in [-0.2, 0) is 42.9 Å². The number of likely N-dealkylation sites (tertiary alicyclic amines) is 3. The van der Waals surface area contributed by atoms with Gasteiger partial charge >= 0.3 is 24.3 Å². The van der Waals surface area contributed by atoms with Gasteiger partial charge in [0.2, 0.25) is 0 Å². The van der Waals surface area contributed by atoms with Gasteiger partial charge in [0.05, 0.1) is 22.7 Å². The van der Waals surface area contributed by atoms with Crippen LogP contribution in [0.15, 0.2) is 36.4 Å². The number of carbonyl (C=O) groups excluding carboxylic acids is 5. The van der Waals surface area contributed by atoms with Gasteiger partial charge in [0.15, 0.2) is 12.7 Å². The van der Waals surface area contributed by atoms with Crippen molar-refractivity contribution in [3.63, 3.8) is 0 Å². The zero-order valence-corrected chi connectivity index (χ0v) is 34.9. The number of benzene rings is 2. The number of halogens is 4. The summed E-state index contributed by atoms with van der Waals surface area (Å²) in [5.74, 6) is -0.407. The Bertz CT molecular complexity index is 1880. The molecule has 0 aliphatic carbocycles. The number of rotatable bonds is 11. The smallest absolute Gasteiger partial charge is 0.418 e. The third kappa shape index (κ3) is 11.3. The van der Waals surface area contributed by atoms with Crippen LogP contribution in [0.5, 0.6) is 0 Å². The lowest BCUT2D eigenvalue weighted by molar-refractivity contribution is -0.151. The van der Waals surface area contributed by atoms with Crippen LogP contribution in [0.2, 0.25) is 5.02 Å². The van der Waals surface area contributed by atoms with Crippen molar-refractivity contribution in [2.75, 3.05) is 84.1 Å². The number of alkyl halides is 3. The summed E-state index contributed by atoms with van der Waals surface area (Å²) >= 11 is 6.15. The van der Waals surface area contributed by atoms with E-state index in [0.717, 1.165) is 56.1 Å². The van der Waals surface area contributed by atoms with Crippen LogP contribution >= 0.6 is 11.6 Å². The van der Waals surface area contributed by atoms with Crippen LogP contribution in [0.3, 0.4) is 0 Å². The van der Waals surface area contributed by atoms with Gasteiger partial charge in [-0.05, 0) is 99.2 Å². The van der Waals surface area contributed by atoms with Crippen molar-refractivity contribution in [3.8, 4) is 0 Å². The number of esters is 1. The minimum Gasteiger partial charge on any atom is -0.456 e. The number of ether oxygens (including phenoxy) is 2. The molecule has 14 nitrogen and oxygen atoms in total. The molecule has 5 amide bonds. The van der Waals surface area contributed by atoms with Crippen LogP contribution in [0.4, 0.5) is 34.1 Å². The van der Waals surface area contributed by atoms with E-state index in [2.05, 4.69) is 10.2 Å². The van der Waals surface area contributed by atoms with Gasteiger partial charge in [0.1, 0.15) is 0 Å². The van der Waals surface area contributed by atoms with Crippen molar-refractivity contribution in [2.45, 2.75) is 76.1 Å². The Labute approximate surface area is 353 Å². The maximum Gasteiger partial charge on any atom is 0.418 e. The van der Waals surface area contributed by atoms with Crippen LogP contribution in [0.1, 0.15) is 61.6 Å². The molecule has 0 spiro atoms. The number of nitrogens with two attached hydrogens (primary N) is 1. The van der Waals surface area contributed by atoms with E-state index in [1.54, 1.807) is 23.9 Å². The molecule has 3 saturated heterocycles. The van der Waals surface area contributed by atoms with Gasteiger partial charge in [0.25, 0.3) is 11.8 Å². The molecular formula is C42H55ClF3N7O7. The van der Waals surface area contributed by atoms with Crippen molar-refractivity contribution in [1.29, 1.82) is 0 Å². The molecule has 0 bridgehead atoms. The number of amides is 5. The summed E-state index contributed by atoms with van der Waals surface area (Å²) in [6.45, 7) is 3.74. The van der Waals surface area contributed by atoms with E-state index in [9.17, 15) is 37.1 Å². The van der Waals surface area contributed by atoms with Gasteiger partial charge in [0, 0.05) is 71.5 Å². The molecule has 18 heteroatoms. The quantitative estimate of drug-likeness (QED) is 0.220. The third-order valence-electron chi connectivity index (χ3n) is 12.4. The van der Waals surface area contributed by atoms with E-state index in [1.165, 1.54) is 15.9 Å². The fourth-order valence-electron chi connectivity index (χ4n) is 8.75. The summed E-state index contributed by atoms with van der Waals surface area (Å²) < 4.78 is 52.7. The molecule has 1 atom stereocenters. The lowest BCUT2D eigenvalue weighted by atomic mass is 9.78. The van der Waals surface area contributed by atoms with Crippen LogP contribution in [0, 0.1) is 11.8 Å². The number of nitrogens with zero attached hydrogens (tertiary/aromatic N) is 5. The first-order valence-corrected chi connectivity index (χ1v) is 21.1. The highest BCUT2D eigenvalue weighted by atomic mass is 35.5. The number of carbonyl (C=O) groups is 5. The number of para-hydroxylation sites is 1. The summed E-state index contributed by atoms with van der Waals surface area (Å²) in [5, 5.41) is 2.67. The molecule has 4 heterocycles. The average Bonchev–Trinajstić information content (AvgIpc) is 3.40. The van der Waals surface area contributed by atoms with E-state index in [4.69, 9.17) is 26.8 Å². The van der Waals surface area contributed by atoms with Crippen LogP contribution in [-0.4, -0.2) is 140 Å². The number of hydrogen-bond donors (Lipinski definition) is 2. The molecule has 6 rings (SSSR count). The fraction of sp³-hybridized carbons (Fsp3) is 0.595. The van der Waals surface area contributed by atoms with Gasteiger partial charge < -0.3 is 45.0 Å². The minimum atomic E-state index is -4.80. The predicted octanol–water partition coefficient (Wildman–Crippen LogP) is 5.52. The molecule has 3 N–H and O–H groups in total. The Morgan fingerprint density at radius 2 is 1.55 bits per heavy atom. The van der Waals surface area contributed by atoms with Gasteiger partial charge in [-0.2, -0.15) is 13.2 Å². The van der Waals surface area contributed by atoms with E-state index >= 15 is 0 Å². The zero-order chi connectivity index (χ0) is 43.1. The van der Waals surface area contributed by atoms with E-state index in [1.807, 2.05) is 24.3 Å². The number of nitrogens with one attached hydrogen (secondary N) is 1. The predicted molar refractivity (Wildman–Crippen MR) is 218 cm³/mol. The molecule has 0 aromatic heterocycles. The molecule has 4 aliphatic rings. The van der Waals surface area contributed by atoms with Crippen LogP contribution < -0.4 is 11.1 Å². The number of anilines is 2. The number of likely N-dealkylation sites (N-methyl/N-ethyl adjacent to an activating group) is 1. The van der Waals surface area contributed by atoms with Crippen molar-refractivity contribution in [1.82, 2.24) is 24.5 Å². The first-order valence-electron chi connectivity index (χ1n) is 20.7. The van der Waals surface area contributed by atoms with E-state index < -0.39 is 41.5 Å². The van der Waals surface area contributed by atoms with Crippen molar-refractivity contribution >= 4 is 52.9 Å². The first-order chi connectivity index (χ1) is 28.6. The summed E-state index contributed by atoms with van der Waals surface area (Å²) in [5.41, 5.74) is 5.81. The Balaban J connectivity index is 1.04. The second kappa shape index (κ2) is 19.7. The van der Waals surface area contributed by atoms with Gasteiger partial charge in [-0.15, -0.1) is 0 Å². The average molecular weight is 862 g/mol. The van der Waals surface area contributed by atoms with Crippen molar-refractivity contribution in [3.05, 3.63) is 58.1 Å². The summed E-state index contributed by atoms with van der Waals surface area (Å²) in [4.78, 5) is 73.4. The molecule has 0 radical (unpaired) electrons. The molecule has 2 aromatic rings. The summed E-state index contributed by atoms with van der Waals surface area (Å²) in [6.07, 6.45) is -2.16. The third-order valence-corrected chi connectivity index (χ3v) is 12.7. The lowest BCUT2D eigenvalue weighted by Gasteiger charge is -2.41. The maximum absolute atomic E-state index is 14.2. The Hall–Kier alpha value is -4.77. The topological polar surface area (TPSA) is 158 Å². The van der Waals surface area contributed by atoms with Crippen molar-refractivity contribution < 1.29 is 46.6 Å². The maximum atomic E-state index is 14.2.